The van der Waals surface area contributed by atoms with Crippen LogP contribution in [0.1, 0.15) is 36.4 Å². The van der Waals surface area contributed by atoms with Gasteiger partial charge in [-0.1, -0.05) is 42.4 Å². The summed E-state index contributed by atoms with van der Waals surface area (Å²) in [7, 11) is 2.04. The first-order chi connectivity index (χ1) is 22.6. The summed E-state index contributed by atoms with van der Waals surface area (Å²) >= 11 is 0. The van der Waals surface area contributed by atoms with Crippen molar-refractivity contribution in [2.24, 2.45) is 5.92 Å². The number of carbonyl (C=O) groups excluding carboxylic acids is 2. The molecule has 5 rings (SSSR count). The number of nitrogens with one attached hydrogen (secondary N) is 2. The minimum atomic E-state index is -0.460. The molecule has 3 atom stereocenters. The molecular formula is C36H43N5O6. The number of urea groups is 1. The standard InChI is InChI=1S/C36H43N5O6/c1-23-19-41(24(2)22-42)34(43)18-28-17-29(37-36(44)38-35-25(3)39-47-26(35)4)13-16-32(28)46-33(23)21-40(5)20-27-11-14-31(15-12-27)45-30-9-7-6-8-10-30/h6-17,23-24,33,42H,18-22H2,1-5H3,(H2,37,38,44)/t23-,24-,33+/m1/s1. The molecule has 248 valence electrons. The van der Waals surface area contributed by atoms with Gasteiger partial charge in [0.25, 0.3) is 0 Å². The number of fused-ring (bicyclic) bond motifs is 1. The average molecular weight is 642 g/mol. The molecule has 4 aromatic rings. The maximum atomic E-state index is 13.6. The smallest absolute Gasteiger partial charge is 0.323 e. The Morgan fingerprint density at radius 3 is 2.49 bits per heavy atom. The third-order valence-electron chi connectivity index (χ3n) is 8.29. The number of rotatable bonds is 10. The predicted octanol–water partition coefficient (Wildman–Crippen LogP) is 6.01. The van der Waals surface area contributed by atoms with Gasteiger partial charge in [0.05, 0.1) is 19.1 Å². The highest BCUT2D eigenvalue weighted by Crippen LogP contribution is 2.30. The number of hydrogen-bond donors (Lipinski definition) is 3. The van der Waals surface area contributed by atoms with Crippen LogP contribution in [0.5, 0.6) is 17.2 Å². The first kappa shape index (κ1) is 33.5. The van der Waals surface area contributed by atoms with Gasteiger partial charge < -0.3 is 34.6 Å². The number of aliphatic hydroxyl groups excluding tert-OH is 1. The highest BCUT2D eigenvalue weighted by molar-refractivity contribution is 6.00. The summed E-state index contributed by atoms with van der Waals surface area (Å²) in [5.41, 5.74) is 3.36. The Bertz CT molecular complexity index is 1640. The zero-order chi connectivity index (χ0) is 33.5. The van der Waals surface area contributed by atoms with E-state index in [4.69, 9.17) is 14.0 Å². The molecule has 3 aromatic carbocycles. The van der Waals surface area contributed by atoms with Gasteiger partial charge in [-0.25, -0.2) is 4.79 Å². The summed E-state index contributed by atoms with van der Waals surface area (Å²) in [5, 5.41) is 19.5. The van der Waals surface area contributed by atoms with E-state index in [1.807, 2.05) is 56.4 Å². The Hall–Kier alpha value is -4.87. The summed E-state index contributed by atoms with van der Waals surface area (Å²) in [5.74, 6) is 2.49. The molecule has 0 radical (unpaired) electrons. The molecule has 1 aliphatic rings. The molecule has 0 saturated carbocycles. The number of nitrogens with zero attached hydrogens (tertiary/aromatic N) is 3. The fourth-order valence-corrected chi connectivity index (χ4v) is 5.63. The fraction of sp³-hybridized carbons (Fsp3) is 0.361. The molecule has 0 fully saturated rings. The van der Waals surface area contributed by atoms with Gasteiger partial charge in [0, 0.05) is 36.8 Å². The number of ether oxygens (including phenoxy) is 2. The summed E-state index contributed by atoms with van der Waals surface area (Å²) < 4.78 is 17.7. The van der Waals surface area contributed by atoms with Gasteiger partial charge in [-0.3, -0.25) is 9.69 Å². The lowest BCUT2D eigenvalue weighted by Crippen LogP contribution is -2.47. The van der Waals surface area contributed by atoms with E-state index in [1.54, 1.807) is 36.9 Å². The molecule has 11 nitrogen and oxygen atoms in total. The number of benzene rings is 3. The van der Waals surface area contributed by atoms with Crippen LogP contribution in [0, 0.1) is 19.8 Å². The number of para-hydroxylation sites is 1. The monoisotopic (exact) mass is 641 g/mol. The van der Waals surface area contributed by atoms with E-state index < -0.39 is 6.03 Å². The SMILES string of the molecule is Cc1noc(C)c1NC(=O)Nc1ccc2c(c1)CC(=O)N([C@H](C)CO)C[C@@H](C)[C@H](CN(C)Cc1ccc(Oc3ccccc3)cc1)O2. The van der Waals surface area contributed by atoms with Crippen LogP contribution >= 0.6 is 0 Å². The van der Waals surface area contributed by atoms with Crippen molar-refractivity contribution in [1.82, 2.24) is 15.0 Å². The lowest BCUT2D eigenvalue weighted by atomic mass is 10.0. The number of anilines is 2. The largest absolute Gasteiger partial charge is 0.488 e. The van der Waals surface area contributed by atoms with Gasteiger partial charge in [0.1, 0.15) is 34.7 Å². The van der Waals surface area contributed by atoms with E-state index in [9.17, 15) is 14.7 Å². The minimum absolute atomic E-state index is 0.0402. The van der Waals surface area contributed by atoms with Gasteiger partial charge in [-0.2, -0.15) is 0 Å². The Kier molecular flexibility index (Phi) is 10.8. The molecule has 0 aliphatic carbocycles. The predicted molar refractivity (Wildman–Crippen MR) is 180 cm³/mol. The van der Waals surface area contributed by atoms with Crippen LogP contribution in [0.25, 0.3) is 0 Å². The van der Waals surface area contributed by atoms with Crippen LogP contribution in [-0.2, 0) is 17.8 Å². The first-order valence-corrected chi connectivity index (χ1v) is 15.8. The number of aliphatic hydroxyl groups is 1. The van der Waals surface area contributed by atoms with Crippen molar-refractivity contribution in [2.45, 2.75) is 52.8 Å². The van der Waals surface area contributed by atoms with Crippen LogP contribution in [-0.4, -0.2) is 70.9 Å². The molecule has 3 amide bonds. The molecular weight excluding hydrogens is 598 g/mol. The van der Waals surface area contributed by atoms with Crippen LogP contribution in [0.2, 0.25) is 0 Å². The molecule has 2 heterocycles. The maximum Gasteiger partial charge on any atom is 0.323 e. The molecule has 1 aliphatic heterocycles. The molecule has 47 heavy (non-hydrogen) atoms. The van der Waals surface area contributed by atoms with E-state index in [2.05, 4.69) is 39.7 Å². The van der Waals surface area contributed by atoms with Crippen molar-refractivity contribution in [3.8, 4) is 17.2 Å². The second-order valence-corrected chi connectivity index (χ2v) is 12.2. The second kappa shape index (κ2) is 15.1. The molecule has 11 heteroatoms. The Morgan fingerprint density at radius 1 is 1.09 bits per heavy atom. The molecule has 0 saturated heterocycles. The number of aromatic nitrogens is 1. The number of likely N-dealkylation sites (N-methyl/N-ethyl adjacent to an activating group) is 1. The van der Waals surface area contributed by atoms with Gasteiger partial charge in [0.2, 0.25) is 5.91 Å². The van der Waals surface area contributed by atoms with Crippen molar-refractivity contribution < 1.29 is 28.7 Å². The van der Waals surface area contributed by atoms with Crippen molar-refractivity contribution in [2.75, 3.05) is 37.4 Å². The van der Waals surface area contributed by atoms with Crippen LogP contribution in [0.3, 0.4) is 0 Å². The third kappa shape index (κ3) is 8.69. The topological polar surface area (TPSA) is 129 Å². The van der Waals surface area contributed by atoms with Crippen LogP contribution in [0.4, 0.5) is 16.2 Å². The fourth-order valence-electron chi connectivity index (χ4n) is 5.63. The summed E-state index contributed by atoms with van der Waals surface area (Å²) in [6.07, 6.45) is -0.201. The normalized spacial score (nSPS) is 17.2. The molecule has 0 spiro atoms. The first-order valence-electron chi connectivity index (χ1n) is 15.8. The molecule has 0 unspecified atom stereocenters. The van der Waals surface area contributed by atoms with E-state index in [-0.39, 0.29) is 37.0 Å². The highest BCUT2D eigenvalue weighted by atomic mass is 16.5. The Balaban J connectivity index is 1.31. The maximum absolute atomic E-state index is 13.6. The number of amides is 3. The minimum Gasteiger partial charge on any atom is -0.488 e. The van der Waals surface area contributed by atoms with Crippen LogP contribution in [0.15, 0.2) is 77.3 Å². The number of carbonyl (C=O) groups is 2. The van der Waals surface area contributed by atoms with Crippen molar-refractivity contribution in [1.29, 1.82) is 0 Å². The summed E-state index contributed by atoms with van der Waals surface area (Å²) in [6, 6.07) is 22.2. The van der Waals surface area contributed by atoms with Crippen molar-refractivity contribution in [3.05, 3.63) is 95.4 Å². The number of hydrogen-bond acceptors (Lipinski definition) is 8. The Labute approximate surface area is 275 Å². The van der Waals surface area contributed by atoms with E-state index >= 15 is 0 Å². The zero-order valence-corrected chi connectivity index (χ0v) is 27.5. The summed E-state index contributed by atoms with van der Waals surface area (Å²) in [6.45, 7) is 8.94. The van der Waals surface area contributed by atoms with Gasteiger partial charge in [-0.15, -0.1) is 0 Å². The quantitative estimate of drug-likeness (QED) is 0.192. The zero-order valence-electron chi connectivity index (χ0n) is 27.5. The molecule has 1 aromatic heterocycles. The summed E-state index contributed by atoms with van der Waals surface area (Å²) in [4.78, 5) is 30.3. The Morgan fingerprint density at radius 2 is 1.81 bits per heavy atom. The lowest BCUT2D eigenvalue weighted by molar-refractivity contribution is -0.134. The van der Waals surface area contributed by atoms with E-state index in [1.165, 1.54) is 0 Å². The van der Waals surface area contributed by atoms with Gasteiger partial charge in [-0.05, 0) is 75.8 Å². The lowest BCUT2D eigenvalue weighted by Gasteiger charge is -2.34. The highest BCUT2D eigenvalue weighted by Gasteiger charge is 2.31. The van der Waals surface area contributed by atoms with Crippen molar-refractivity contribution in [3.63, 3.8) is 0 Å². The third-order valence-corrected chi connectivity index (χ3v) is 8.29. The van der Waals surface area contributed by atoms with E-state index in [0.29, 0.717) is 53.8 Å². The van der Waals surface area contributed by atoms with E-state index in [0.717, 1.165) is 17.1 Å². The van der Waals surface area contributed by atoms with Gasteiger partial charge >= 0.3 is 6.03 Å². The average Bonchev–Trinajstić information content (AvgIpc) is 3.38. The molecule has 0 bridgehead atoms. The number of aryl methyl sites for hydroxylation is 2. The molecule has 3 N–H and O–H groups in total. The van der Waals surface area contributed by atoms with Gasteiger partial charge in [0.15, 0.2) is 5.76 Å². The van der Waals surface area contributed by atoms with Crippen LogP contribution < -0.4 is 20.1 Å². The van der Waals surface area contributed by atoms with Crippen molar-refractivity contribution >= 4 is 23.3 Å². The second-order valence-electron chi connectivity index (χ2n) is 12.2.